The van der Waals surface area contributed by atoms with Crippen molar-refractivity contribution < 1.29 is 37.4 Å². The second-order valence-corrected chi connectivity index (χ2v) is 13.9. The topological polar surface area (TPSA) is 175 Å². The van der Waals surface area contributed by atoms with Gasteiger partial charge in [-0.05, 0) is 73.0 Å². The molecule has 1 fully saturated rings. The lowest BCUT2D eigenvalue weighted by Crippen LogP contribution is -2.43. The summed E-state index contributed by atoms with van der Waals surface area (Å²) in [5.74, 6) is -2.13. The fourth-order valence-electron chi connectivity index (χ4n) is 6.61. The number of amides is 1. The van der Waals surface area contributed by atoms with E-state index >= 15 is 0 Å². The van der Waals surface area contributed by atoms with Gasteiger partial charge in [0.2, 0.25) is 15.8 Å². The number of rotatable bonds is 7. The molecule has 3 aromatic rings. The molecule has 13 heteroatoms. The number of ketones is 1. The van der Waals surface area contributed by atoms with Crippen molar-refractivity contribution in [3.8, 4) is 28.2 Å². The average Bonchev–Trinajstić information content (AvgIpc) is 3.65. The molecule has 1 aliphatic carbocycles. The molecular weight excluding hydrogens is 650 g/mol. The van der Waals surface area contributed by atoms with Crippen molar-refractivity contribution in [3.63, 3.8) is 0 Å². The number of carbonyl (C=O) groups is 3. The Labute approximate surface area is 279 Å². The summed E-state index contributed by atoms with van der Waals surface area (Å²) < 4.78 is 34.6. The summed E-state index contributed by atoms with van der Waals surface area (Å²) in [5.41, 5.74) is 2.02. The van der Waals surface area contributed by atoms with E-state index in [1.807, 2.05) is 0 Å². The highest BCUT2D eigenvalue weighted by molar-refractivity contribution is 7.89. The number of phenols is 1. The molecule has 49 heavy (non-hydrogen) atoms. The molecule has 1 atom stereocenters. The molecule has 3 aromatic carbocycles. The minimum atomic E-state index is -4.01. The maximum absolute atomic E-state index is 13.7. The first-order valence-electron chi connectivity index (χ1n) is 15.3. The van der Waals surface area contributed by atoms with Crippen LogP contribution in [-0.2, 0) is 10.0 Å². The summed E-state index contributed by atoms with van der Waals surface area (Å²) in [6.07, 6.45) is 1.06. The van der Waals surface area contributed by atoms with E-state index in [9.17, 15) is 37.8 Å². The number of likely N-dealkylation sites (N-methyl/N-ethyl adjacent to an activating group) is 1. The zero-order valence-electron chi connectivity index (χ0n) is 26.1. The highest BCUT2D eigenvalue weighted by atomic mass is 32.2. The number of fused-ring (bicyclic) bond motifs is 3. The van der Waals surface area contributed by atoms with Gasteiger partial charge in [-0.15, -0.1) is 0 Å². The standard InChI is InChI=1S/C36H29N3O9S/c1-19-34(42)29-17-24(8-12-30(29)38(19)2)49(46,47)39-13-3-4-21(39)18-37-35(43)20-5-9-25(28(14-20)36(44)45)33-26-10-6-22(40)15-31(26)48-32-16-23(41)7-11-27(32)33/h5-12,14-17,21,40H,1,3-4,13,18H2,2H3,(H,37,43)(H,44,45)/t21-/m0/s1. The molecule has 3 aliphatic heterocycles. The third kappa shape index (κ3) is 5.32. The molecule has 0 saturated carbocycles. The average molecular weight is 680 g/mol. The van der Waals surface area contributed by atoms with Gasteiger partial charge < -0.3 is 24.8 Å². The van der Waals surface area contributed by atoms with Crippen LogP contribution in [0.2, 0.25) is 0 Å². The van der Waals surface area contributed by atoms with Gasteiger partial charge in [0.15, 0.2) is 5.43 Å². The van der Waals surface area contributed by atoms with E-state index in [0.717, 1.165) is 0 Å². The Kier molecular flexibility index (Phi) is 7.60. The third-order valence-electron chi connectivity index (χ3n) is 9.13. The molecule has 0 bridgehead atoms. The Hall–Kier alpha value is -5.79. The van der Waals surface area contributed by atoms with Crippen molar-refractivity contribution in [1.29, 1.82) is 0 Å². The second-order valence-electron chi connectivity index (χ2n) is 12.0. The summed E-state index contributed by atoms with van der Waals surface area (Å²) in [5, 5.41) is 23.6. The number of carbonyl (C=O) groups excluding carboxylic acids is 2. The Morgan fingerprint density at radius 1 is 0.980 bits per heavy atom. The lowest BCUT2D eigenvalue weighted by molar-refractivity contribution is 0.0697. The predicted octanol–water partition coefficient (Wildman–Crippen LogP) is 4.70. The van der Waals surface area contributed by atoms with Crippen LogP contribution in [0.5, 0.6) is 5.75 Å². The summed E-state index contributed by atoms with van der Waals surface area (Å²) in [4.78, 5) is 52.3. The number of phenolic OH excluding ortho intramolecular Hbond substituents is 1. The molecule has 3 N–H and O–H groups in total. The normalized spacial score (nSPS) is 16.4. The largest absolute Gasteiger partial charge is 0.508 e. The van der Waals surface area contributed by atoms with Gasteiger partial charge in [0, 0.05) is 66.0 Å². The Morgan fingerprint density at radius 2 is 1.76 bits per heavy atom. The van der Waals surface area contributed by atoms with Gasteiger partial charge in [0.05, 0.1) is 21.8 Å². The third-order valence-corrected chi connectivity index (χ3v) is 11.1. The monoisotopic (exact) mass is 679 g/mol. The van der Waals surface area contributed by atoms with Crippen LogP contribution >= 0.6 is 0 Å². The number of anilines is 1. The van der Waals surface area contributed by atoms with Crippen LogP contribution in [-0.4, -0.2) is 66.8 Å². The molecule has 0 radical (unpaired) electrons. The molecule has 3 heterocycles. The van der Waals surface area contributed by atoms with Gasteiger partial charge in [0.25, 0.3) is 5.91 Å². The van der Waals surface area contributed by atoms with Gasteiger partial charge in [0.1, 0.15) is 17.1 Å². The number of Topliss-reactive ketones (excluding diaryl/α,β-unsaturated/α-hetero) is 1. The van der Waals surface area contributed by atoms with Gasteiger partial charge in [-0.2, -0.15) is 4.31 Å². The number of hydrogen-bond acceptors (Lipinski definition) is 9. The molecule has 248 valence electrons. The fraction of sp³-hybridized carbons (Fsp3) is 0.167. The molecule has 4 aliphatic rings. The van der Waals surface area contributed by atoms with E-state index in [2.05, 4.69) is 11.9 Å². The van der Waals surface area contributed by atoms with Crippen LogP contribution < -0.4 is 15.6 Å². The van der Waals surface area contributed by atoms with Crippen LogP contribution in [0.25, 0.3) is 33.4 Å². The van der Waals surface area contributed by atoms with E-state index in [4.69, 9.17) is 4.42 Å². The molecule has 7 rings (SSSR count). The van der Waals surface area contributed by atoms with Gasteiger partial charge in [-0.1, -0.05) is 12.6 Å². The van der Waals surface area contributed by atoms with E-state index in [1.165, 1.54) is 65.0 Å². The number of nitrogens with zero attached hydrogens (tertiary/aromatic N) is 2. The first-order valence-corrected chi connectivity index (χ1v) is 16.8. The number of hydrogen-bond donors (Lipinski definition) is 3. The summed E-state index contributed by atoms with van der Waals surface area (Å²) >= 11 is 0. The van der Waals surface area contributed by atoms with Crippen LogP contribution in [0.4, 0.5) is 5.69 Å². The smallest absolute Gasteiger partial charge is 0.336 e. The minimum absolute atomic E-state index is 0.0257. The summed E-state index contributed by atoms with van der Waals surface area (Å²) in [7, 11) is -2.33. The lowest BCUT2D eigenvalue weighted by atomic mass is 9.90. The van der Waals surface area contributed by atoms with E-state index < -0.39 is 27.9 Å². The van der Waals surface area contributed by atoms with Crippen molar-refractivity contribution in [1.82, 2.24) is 9.62 Å². The van der Waals surface area contributed by atoms with E-state index in [-0.39, 0.29) is 74.2 Å². The highest BCUT2D eigenvalue weighted by Crippen LogP contribution is 2.42. The van der Waals surface area contributed by atoms with Gasteiger partial charge in [-0.25, -0.2) is 13.2 Å². The number of nitrogens with one attached hydrogen (secondary N) is 1. The highest BCUT2D eigenvalue weighted by Gasteiger charge is 2.37. The van der Waals surface area contributed by atoms with Crippen molar-refractivity contribution in [2.24, 2.45) is 0 Å². The van der Waals surface area contributed by atoms with Crippen molar-refractivity contribution in [2.75, 3.05) is 25.0 Å². The summed E-state index contributed by atoms with van der Waals surface area (Å²) in [6.45, 7) is 3.97. The van der Waals surface area contributed by atoms with Crippen LogP contribution in [0.15, 0.2) is 99.2 Å². The lowest BCUT2D eigenvalue weighted by Gasteiger charge is -2.25. The maximum atomic E-state index is 13.7. The molecular formula is C36H29N3O9S. The molecule has 0 unspecified atom stereocenters. The van der Waals surface area contributed by atoms with Crippen LogP contribution in [0.1, 0.15) is 43.9 Å². The quantitative estimate of drug-likeness (QED) is 0.162. The van der Waals surface area contributed by atoms with Crippen molar-refractivity contribution >= 4 is 44.3 Å². The number of carboxylic acid groups (broad SMARTS) is 1. The molecule has 0 spiro atoms. The zero-order chi connectivity index (χ0) is 34.8. The van der Waals surface area contributed by atoms with Crippen LogP contribution in [0, 0.1) is 0 Å². The fourth-order valence-corrected chi connectivity index (χ4v) is 8.33. The SMILES string of the molecule is C=C1C(=O)c2cc(S(=O)(=O)N3CCC[C@H]3CNC(=O)c3ccc(-c4c5ccc(=O)cc-5oc5cc(O)ccc45)c(C(=O)O)c3)ccc2N1C. The number of allylic oxidation sites excluding steroid dienone is 1. The maximum Gasteiger partial charge on any atom is 0.336 e. The Morgan fingerprint density at radius 3 is 2.53 bits per heavy atom. The zero-order valence-corrected chi connectivity index (χ0v) is 26.9. The first kappa shape index (κ1) is 31.8. The van der Waals surface area contributed by atoms with Crippen molar-refractivity contribution in [3.05, 3.63) is 112 Å². The van der Waals surface area contributed by atoms with E-state index in [0.29, 0.717) is 35.0 Å². The molecule has 12 nitrogen and oxygen atoms in total. The van der Waals surface area contributed by atoms with E-state index in [1.54, 1.807) is 24.1 Å². The van der Waals surface area contributed by atoms with Crippen LogP contribution in [0.3, 0.4) is 0 Å². The second kappa shape index (κ2) is 11.7. The number of aromatic hydroxyl groups is 1. The number of benzene rings is 4. The van der Waals surface area contributed by atoms with Crippen molar-refractivity contribution in [2.45, 2.75) is 23.8 Å². The Balaban J connectivity index is 1.16. The predicted molar refractivity (Wildman–Crippen MR) is 181 cm³/mol. The summed E-state index contributed by atoms with van der Waals surface area (Å²) in [6, 6.07) is 16.6. The van der Waals surface area contributed by atoms with Gasteiger partial charge in [-0.3, -0.25) is 14.4 Å². The Bertz CT molecular complexity index is 2400. The number of aromatic carboxylic acids is 1. The van der Waals surface area contributed by atoms with Gasteiger partial charge >= 0.3 is 5.97 Å². The molecule has 1 amide bonds. The number of sulfonamides is 1. The molecule has 1 saturated heterocycles. The molecule has 0 aromatic heterocycles. The number of carboxylic acids is 1. The first-order chi connectivity index (χ1) is 23.3. The minimum Gasteiger partial charge on any atom is -0.508 e.